The Morgan fingerprint density at radius 3 is 2.47 bits per heavy atom. The lowest BCUT2D eigenvalue weighted by atomic mass is 10.1. The van der Waals surface area contributed by atoms with E-state index in [1.807, 2.05) is 0 Å². The minimum atomic E-state index is -4.51. The molecule has 0 saturated heterocycles. The van der Waals surface area contributed by atoms with Crippen LogP contribution in [0.5, 0.6) is 0 Å². The number of aryl methyl sites for hydroxylation is 1. The van der Waals surface area contributed by atoms with E-state index in [9.17, 15) is 18.0 Å². The van der Waals surface area contributed by atoms with Gasteiger partial charge in [0.1, 0.15) is 11.3 Å². The second-order valence-corrected chi connectivity index (χ2v) is 6.90. The number of rotatable bonds is 4. The van der Waals surface area contributed by atoms with Crippen LogP contribution in [0.1, 0.15) is 11.3 Å². The normalized spacial score (nSPS) is 11.9. The van der Waals surface area contributed by atoms with Gasteiger partial charge in [0.15, 0.2) is 17.2 Å². The number of aromatic amines is 1. The van der Waals surface area contributed by atoms with Crippen molar-refractivity contribution in [3.8, 4) is 11.4 Å². The van der Waals surface area contributed by atoms with Gasteiger partial charge in [-0.3, -0.25) is 4.57 Å². The maximum Gasteiger partial charge on any atom is 0.434 e. The van der Waals surface area contributed by atoms with E-state index in [-0.39, 0.29) is 23.3 Å². The number of benzene rings is 1. The molecule has 156 valence electrons. The van der Waals surface area contributed by atoms with Crippen LogP contribution >= 0.6 is 11.6 Å². The van der Waals surface area contributed by atoms with Crippen molar-refractivity contribution in [1.82, 2.24) is 29.1 Å². The summed E-state index contributed by atoms with van der Waals surface area (Å²) in [6.45, 7) is 0.185. The van der Waals surface area contributed by atoms with Gasteiger partial charge in [0.25, 0.3) is 0 Å². The number of nitrogens with zero attached hydrogens (tertiary/aromatic N) is 5. The molecule has 4 aromatic rings. The average molecular weight is 438 g/mol. The smallest absolute Gasteiger partial charge is 0.371 e. The summed E-state index contributed by atoms with van der Waals surface area (Å²) in [5.41, 5.74) is 0.689. The first-order valence-corrected chi connectivity index (χ1v) is 9.09. The SMILES string of the molecule is CNc1nc(Cl)nc2c1[nH]c(=O)n2Cc1ccc(-c2nc(C(F)(F)F)cn2C)cc1. The number of halogens is 4. The summed E-state index contributed by atoms with van der Waals surface area (Å²) in [6.07, 6.45) is -3.57. The molecule has 0 bridgehead atoms. The van der Waals surface area contributed by atoms with Crippen molar-refractivity contribution in [1.29, 1.82) is 0 Å². The second kappa shape index (κ2) is 7.17. The highest BCUT2D eigenvalue weighted by Gasteiger charge is 2.34. The van der Waals surface area contributed by atoms with E-state index in [4.69, 9.17) is 11.6 Å². The van der Waals surface area contributed by atoms with Crippen molar-refractivity contribution < 1.29 is 13.2 Å². The molecule has 0 amide bonds. The largest absolute Gasteiger partial charge is 0.434 e. The Morgan fingerprint density at radius 1 is 1.17 bits per heavy atom. The van der Waals surface area contributed by atoms with Gasteiger partial charge in [-0.2, -0.15) is 23.1 Å². The van der Waals surface area contributed by atoms with Crippen LogP contribution in [-0.4, -0.2) is 36.1 Å². The van der Waals surface area contributed by atoms with E-state index in [1.54, 1.807) is 31.3 Å². The molecule has 2 N–H and O–H groups in total. The molecule has 4 rings (SSSR count). The summed E-state index contributed by atoms with van der Waals surface area (Å²) in [5.74, 6) is 0.586. The third-order valence-electron chi connectivity index (χ3n) is 4.55. The minimum absolute atomic E-state index is 0.00908. The molecule has 0 aliphatic rings. The van der Waals surface area contributed by atoms with Crippen LogP contribution < -0.4 is 11.0 Å². The van der Waals surface area contributed by atoms with Crippen molar-refractivity contribution in [2.24, 2.45) is 7.05 Å². The van der Waals surface area contributed by atoms with Gasteiger partial charge in [0, 0.05) is 25.9 Å². The summed E-state index contributed by atoms with van der Waals surface area (Å²) < 4.78 is 41.4. The Bertz CT molecular complexity index is 1290. The van der Waals surface area contributed by atoms with Gasteiger partial charge in [-0.25, -0.2) is 9.78 Å². The van der Waals surface area contributed by atoms with Crippen molar-refractivity contribution in [3.63, 3.8) is 0 Å². The number of anilines is 1. The van der Waals surface area contributed by atoms with Crippen LogP contribution in [0, 0.1) is 0 Å². The molecule has 8 nitrogen and oxygen atoms in total. The molecule has 3 aromatic heterocycles. The summed E-state index contributed by atoms with van der Waals surface area (Å²) in [6, 6.07) is 6.73. The van der Waals surface area contributed by atoms with Crippen molar-refractivity contribution in [2.45, 2.75) is 12.7 Å². The van der Waals surface area contributed by atoms with Gasteiger partial charge in [-0.1, -0.05) is 24.3 Å². The topological polar surface area (TPSA) is 93.4 Å². The van der Waals surface area contributed by atoms with Gasteiger partial charge in [-0.15, -0.1) is 0 Å². The number of fused-ring (bicyclic) bond motifs is 1. The second-order valence-electron chi connectivity index (χ2n) is 6.56. The van der Waals surface area contributed by atoms with Gasteiger partial charge in [0.05, 0.1) is 6.54 Å². The molecule has 0 aliphatic heterocycles. The first-order valence-electron chi connectivity index (χ1n) is 8.71. The van der Waals surface area contributed by atoms with Gasteiger partial charge < -0.3 is 14.9 Å². The van der Waals surface area contributed by atoms with Crippen LogP contribution in [0.2, 0.25) is 5.28 Å². The first kappa shape index (κ1) is 20.0. The van der Waals surface area contributed by atoms with Gasteiger partial charge >= 0.3 is 11.9 Å². The summed E-state index contributed by atoms with van der Waals surface area (Å²) in [4.78, 5) is 26.9. The summed E-state index contributed by atoms with van der Waals surface area (Å²) in [5, 5.41) is 2.84. The van der Waals surface area contributed by atoms with Crippen molar-refractivity contribution in [2.75, 3.05) is 12.4 Å². The fourth-order valence-electron chi connectivity index (χ4n) is 3.14. The number of alkyl halides is 3. The number of H-pyrrole nitrogens is 1. The predicted octanol–water partition coefficient (Wildman–Crippen LogP) is 3.28. The molecule has 1 aromatic carbocycles. The molecule has 12 heteroatoms. The lowest BCUT2D eigenvalue weighted by Crippen LogP contribution is -2.17. The van der Waals surface area contributed by atoms with Crippen LogP contribution in [0.4, 0.5) is 19.0 Å². The third kappa shape index (κ3) is 3.52. The van der Waals surface area contributed by atoms with E-state index >= 15 is 0 Å². The minimum Gasteiger partial charge on any atom is -0.371 e. The highest BCUT2D eigenvalue weighted by molar-refractivity contribution is 6.28. The monoisotopic (exact) mass is 437 g/mol. The highest BCUT2D eigenvalue weighted by atomic mass is 35.5. The Kier molecular flexibility index (Phi) is 4.77. The Hall–Kier alpha value is -3.34. The average Bonchev–Trinajstić information content (AvgIpc) is 3.22. The fraction of sp³-hybridized carbons (Fsp3) is 0.222. The number of aromatic nitrogens is 6. The molecule has 0 saturated carbocycles. The van der Waals surface area contributed by atoms with Crippen molar-refractivity contribution in [3.05, 3.63) is 57.5 Å². The van der Waals surface area contributed by atoms with Crippen LogP contribution in [0.15, 0.2) is 35.3 Å². The van der Waals surface area contributed by atoms with Gasteiger partial charge in [-0.05, 0) is 17.2 Å². The van der Waals surface area contributed by atoms with Crippen LogP contribution in [0.3, 0.4) is 0 Å². The number of hydrogen-bond acceptors (Lipinski definition) is 5. The maximum atomic E-state index is 12.9. The Labute approximate surface area is 172 Å². The zero-order valence-electron chi connectivity index (χ0n) is 15.8. The van der Waals surface area contributed by atoms with Crippen molar-refractivity contribution >= 4 is 28.6 Å². The molecule has 0 unspecified atom stereocenters. The van der Waals surface area contributed by atoms with Crippen LogP contribution in [-0.2, 0) is 19.8 Å². The van der Waals surface area contributed by atoms with E-state index in [2.05, 4.69) is 25.3 Å². The maximum absolute atomic E-state index is 12.9. The standard InChI is InChI=1S/C18H15ClF3N7O/c1-23-13-12-15(27-16(19)26-13)29(17(30)25-12)7-9-3-5-10(6-4-9)14-24-11(8-28(14)2)18(20,21)22/h3-6,8H,7H2,1-2H3,(H,25,30)(H,23,26,27). The first-order chi connectivity index (χ1) is 14.2. The number of hydrogen-bond donors (Lipinski definition) is 2. The highest BCUT2D eigenvalue weighted by Crippen LogP contribution is 2.30. The molecule has 30 heavy (non-hydrogen) atoms. The quantitative estimate of drug-likeness (QED) is 0.478. The van der Waals surface area contributed by atoms with Crippen LogP contribution in [0.25, 0.3) is 22.6 Å². The number of imidazole rings is 2. The van der Waals surface area contributed by atoms with E-state index in [0.29, 0.717) is 22.5 Å². The molecular weight excluding hydrogens is 423 g/mol. The molecule has 0 atom stereocenters. The summed E-state index contributed by atoms with van der Waals surface area (Å²) in [7, 11) is 3.15. The third-order valence-corrected chi connectivity index (χ3v) is 4.72. The molecule has 3 heterocycles. The zero-order chi connectivity index (χ0) is 21.6. The predicted molar refractivity (Wildman–Crippen MR) is 105 cm³/mol. The Balaban J connectivity index is 1.67. The molecular formula is C18H15ClF3N7O. The molecule has 0 radical (unpaired) electrons. The van der Waals surface area contributed by atoms with E-state index in [0.717, 1.165) is 11.8 Å². The van der Waals surface area contributed by atoms with E-state index in [1.165, 1.54) is 16.2 Å². The summed E-state index contributed by atoms with van der Waals surface area (Å²) >= 11 is 5.94. The van der Waals surface area contributed by atoms with E-state index < -0.39 is 11.9 Å². The molecule has 0 fully saturated rings. The molecule has 0 spiro atoms. The fourth-order valence-corrected chi connectivity index (χ4v) is 3.31. The molecule has 0 aliphatic carbocycles. The zero-order valence-corrected chi connectivity index (χ0v) is 16.5. The lowest BCUT2D eigenvalue weighted by Gasteiger charge is -2.07. The Morgan fingerprint density at radius 2 is 1.87 bits per heavy atom. The van der Waals surface area contributed by atoms with Gasteiger partial charge in [0.2, 0.25) is 5.28 Å². The number of nitrogens with one attached hydrogen (secondary N) is 2. The lowest BCUT2D eigenvalue weighted by molar-refractivity contribution is -0.140.